The number of hydrogen-bond acceptors (Lipinski definition) is 3. The van der Waals surface area contributed by atoms with Gasteiger partial charge in [-0.05, 0) is 30.3 Å². The summed E-state index contributed by atoms with van der Waals surface area (Å²) in [4.78, 5) is 30.0. The second-order valence-corrected chi connectivity index (χ2v) is 6.50. The summed E-state index contributed by atoms with van der Waals surface area (Å²) in [6.07, 6.45) is -0.535. The SMILES string of the molecule is COc1ccccc1N1C(=O)c2ccccc2N2C(=O)c3ccccc3[C@H]12. The molecule has 5 nitrogen and oxygen atoms in total. The Morgan fingerprint density at radius 2 is 1.26 bits per heavy atom. The lowest BCUT2D eigenvalue weighted by atomic mass is 10.0. The fourth-order valence-electron chi connectivity index (χ4n) is 3.97. The van der Waals surface area contributed by atoms with Gasteiger partial charge in [0.15, 0.2) is 0 Å². The van der Waals surface area contributed by atoms with Gasteiger partial charge in [0, 0.05) is 11.1 Å². The maximum Gasteiger partial charge on any atom is 0.262 e. The van der Waals surface area contributed by atoms with Crippen molar-refractivity contribution < 1.29 is 14.3 Å². The topological polar surface area (TPSA) is 49.9 Å². The number of anilines is 2. The van der Waals surface area contributed by atoms with Gasteiger partial charge >= 0.3 is 0 Å². The van der Waals surface area contributed by atoms with Crippen molar-refractivity contribution in [2.75, 3.05) is 16.9 Å². The quantitative estimate of drug-likeness (QED) is 0.697. The molecule has 27 heavy (non-hydrogen) atoms. The number of para-hydroxylation sites is 3. The molecule has 0 saturated carbocycles. The predicted molar refractivity (Wildman–Crippen MR) is 102 cm³/mol. The molecule has 0 unspecified atom stereocenters. The van der Waals surface area contributed by atoms with Crippen LogP contribution < -0.4 is 14.5 Å². The van der Waals surface area contributed by atoms with E-state index in [4.69, 9.17) is 4.74 Å². The van der Waals surface area contributed by atoms with Gasteiger partial charge in [0.2, 0.25) is 0 Å². The maximum absolute atomic E-state index is 13.5. The average molecular weight is 356 g/mol. The molecule has 3 aromatic carbocycles. The zero-order valence-electron chi connectivity index (χ0n) is 14.6. The number of carbonyl (C=O) groups is 2. The van der Waals surface area contributed by atoms with Crippen LogP contribution in [0.1, 0.15) is 32.4 Å². The fraction of sp³-hybridized carbons (Fsp3) is 0.0909. The molecule has 132 valence electrons. The number of ether oxygens (including phenoxy) is 1. The molecule has 0 fully saturated rings. The number of carbonyl (C=O) groups excluding carboxylic acids is 2. The van der Waals surface area contributed by atoms with Crippen LogP contribution in [-0.4, -0.2) is 18.9 Å². The van der Waals surface area contributed by atoms with Gasteiger partial charge in [-0.25, -0.2) is 0 Å². The van der Waals surface area contributed by atoms with Gasteiger partial charge in [-0.1, -0.05) is 42.5 Å². The predicted octanol–water partition coefficient (Wildman–Crippen LogP) is 4.01. The van der Waals surface area contributed by atoms with E-state index >= 15 is 0 Å². The van der Waals surface area contributed by atoms with Crippen LogP contribution in [0.3, 0.4) is 0 Å². The number of fused-ring (bicyclic) bond motifs is 5. The number of rotatable bonds is 2. The summed E-state index contributed by atoms with van der Waals surface area (Å²) in [5.74, 6) is 0.332. The van der Waals surface area contributed by atoms with Gasteiger partial charge in [0.05, 0.1) is 24.0 Å². The van der Waals surface area contributed by atoms with E-state index in [2.05, 4.69) is 0 Å². The Morgan fingerprint density at radius 3 is 2.04 bits per heavy atom. The second kappa shape index (κ2) is 5.71. The number of benzene rings is 3. The summed E-state index contributed by atoms with van der Waals surface area (Å²) < 4.78 is 5.50. The molecule has 5 rings (SSSR count). The number of hydrogen-bond donors (Lipinski definition) is 0. The molecule has 1 atom stereocenters. The van der Waals surface area contributed by atoms with Crippen molar-refractivity contribution in [3.63, 3.8) is 0 Å². The summed E-state index contributed by atoms with van der Waals surface area (Å²) in [6.45, 7) is 0. The van der Waals surface area contributed by atoms with Crippen LogP contribution in [0.5, 0.6) is 5.75 Å². The van der Waals surface area contributed by atoms with Crippen molar-refractivity contribution in [1.82, 2.24) is 0 Å². The monoisotopic (exact) mass is 356 g/mol. The Morgan fingerprint density at radius 1 is 0.704 bits per heavy atom. The molecule has 0 saturated heterocycles. The van der Waals surface area contributed by atoms with Gasteiger partial charge < -0.3 is 4.74 Å². The van der Waals surface area contributed by atoms with E-state index in [1.807, 2.05) is 66.7 Å². The van der Waals surface area contributed by atoms with E-state index in [1.165, 1.54) is 0 Å². The summed E-state index contributed by atoms with van der Waals surface area (Å²) in [6, 6.07) is 22.1. The third-order valence-electron chi connectivity index (χ3n) is 5.13. The van der Waals surface area contributed by atoms with Gasteiger partial charge in [-0.15, -0.1) is 0 Å². The van der Waals surface area contributed by atoms with Crippen LogP contribution in [0.25, 0.3) is 0 Å². The van der Waals surface area contributed by atoms with Gasteiger partial charge in [0.25, 0.3) is 11.8 Å². The smallest absolute Gasteiger partial charge is 0.262 e. The lowest BCUT2D eigenvalue weighted by Crippen LogP contribution is -2.48. The second-order valence-electron chi connectivity index (χ2n) is 6.50. The molecule has 0 N–H and O–H groups in total. The Balaban J connectivity index is 1.81. The van der Waals surface area contributed by atoms with Crippen LogP contribution >= 0.6 is 0 Å². The highest BCUT2D eigenvalue weighted by Crippen LogP contribution is 2.48. The van der Waals surface area contributed by atoms with Crippen LogP contribution in [0.2, 0.25) is 0 Å². The van der Waals surface area contributed by atoms with Gasteiger partial charge in [0.1, 0.15) is 11.9 Å². The molecular weight excluding hydrogens is 340 g/mol. The highest BCUT2D eigenvalue weighted by Gasteiger charge is 2.48. The van der Waals surface area contributed by atoms with Crippen molar-refractivity contribution in [1.29, 1.82) is 0 Å². The van der Waals surface area contributed by atoms with Crippen molar-refractivity contribution in [3.05, 3.63) is 89.5 Å². The fourth-order valence-corrected chi connectivity index (χ4v) is 3.97. The maximum atomic E-state index is 13.5. The van der Waals surface area contributed by atoms with Gasteiger partial charge in [-0.3, -0.25) is 19.4 Å². The number of methoxy groups -OCH3 is 1. The molecule has 0 radical (unpaired) electrons. The molecular formula is C22H16N2O3. The van der Waals surface area contributed by atoms with E-state index in [9.17, 15) is 9.59 Å². The summed E-state index contributed by atoms with van der Waals surface area (Å²) in [5.41, 5.74) is 3.21. The first-order valence-corrected chi connectivity index (χ1v) is 8.70. The van der Waals surface area contributed by atoms with Crippen LogP contribution in [0.4, 0.5) is 11.4 Å². The Bertz CT molecular complexity index is 1090. The molecule has 0 spiro atoms. The third-order valence-corrected chi connectivity index (χ3v) is 5.13. The zero-order valence-corrected chi connectivity index (χ0v) is 14.6. The summed E-state index contributed by atoms with van der Waals surface area (Å²) in [7, 11) is 1.58. The Hall–Kier alpha value is -3.60. The van der Waals surface area contributed by atoms with Crippen molar-refractivity contribution in [2.24, 2.45) is 0 Å². The minimum atomic E-state index is -0.535. The molecule has 2 aliphatic rings. The first kappa shape index (κ1) is 15.6. The van der Waals surface area contributed by atoms with Crippen LogP contribution in [-0.2, 0) is 0 Å². The van der Waals surface area contributed by atoms with Crippen molar-refractivity contribution in [2.45, 2.75) is 6.17 Å². The molecule has 2 aliphatic heterocycles. The molecule has 2 heterocycles. The molecule has 3 aromatic rings. The third kappa shape index (κ3) is 2.05. The molecule has 0 bridgehead atoms. The minimum absolute atomic E-state index is 0.101. The minimum Gasteiger partial charge on any atom is -0.495 e. The Kier molecular flexibility index (Phi) is 3.31. The first-order valence-electron chi connectivity index (χ1n) is 8.70. The van der Waals surface area contributed by atoms with E-state index in [-0.39, 0.29) is 11.8 Å². The van der Waals surface area contributed by atoms with E-state index in [1.54, 1.807) is 23.0 Å². The largest absolute Gasteiger partial charge is 0.495 e. The van der Waals surface area contributed by atoms with E-state index in [0.29, 0.717) is 28.3 Å². The first-order chi connectivity index (χ1) is 13.2. The van der Waals surface area contributed by atoms with Crippen LogP contribution in [0.15, 0.2) is 72.8 Å². The van der Waals surface area contributed by atoms with Gasteiger partial charge in [-0.2, -0.15) is 0 Å². The summed E-state index contributed by atoms with van der Waals surface area (Å²) >= 11 is 0. The molecule has 5 heteroatoms. The van der Waals surface area contributed by atoms with E-state index in [0.717, 1.165) is 5.56 Å². The van der Waals surface area contributed by atoms with Crippen LogP contribution in [0, 0.1) is 0 Å². The van der Waals surface area contributed by atoms with E-state index < -0.39 is 6.17 Å². The lowest BCUT2D eigenvalue weighted by Gasteiger charge is -2.41. The molecule has 0 aliphatic carbocycles. The highest BCUT2D eigenvalue weighted by molar-refractivity contribution is 6.21. The lowest BCUT2D eigenvalue weighted by molar-refractivity contribution is 0.0948. The molecule has 0 aromatic heterocycles. The average Bonchev–Trinajstić information content (AvgIpc) is 3.02. The number of nitrogens with zero attached hydrogens (tertiary/aromatic N) is 2. The standard InChI is InChI=1S/C22H16N2O3/c1-27-19-13-7-6-12-18(19)24-20-14-8-2-3-9-15(14)21(25)23(20)17-11-5-4-10-16(17)22(24)26/h2-13,20H,1H3/t20-/m0/s1. The zero-order chi connectivity index (χ0) is 18.5. The number of amides is 2. The van der Waals surface area contributed by atoms with Crippen molar-refractivity contribution >= 4 is 23.2 Å². The normalized spacial score (nSPS) is 17.4. The Labute approximate surface area is 156 Å². The summed E-state index contributed by atoms with van der Waals surface area (Å²) in [5, 5.41) is 0. The highest BCUT2D eigenvalue weighted by atomic mass is 16.5. The van der Waals surface area contributed by atoms with Crippen molar-refractivity contribution in [3.8, 4) is 5.75 Å². The molecule has 2 amide bonds.